The Bertz CT molecular complexity index is 283. The molecule has 0 radical (unpaired) electrons. The average molecular weight is 208 g/mol. The van der Waals surface area contributed by atoms with Gasteiger partial charge in [-0.3, -0.25) is 0 Å². The first-order valence-electron chi connectivity index (χ1n) is 4.69. The maximum atomic E-state index is 5.11. The van der Waals surface area contributed by atoms with E-state index in [0.717, 1.165) is 18.1 Å². The molecule has 1 aromatic rings. The maximum absolute atomic E-state index is 5.11. The molecule has 0 fully saturated rings. The fourth-order valence-electron chi connectivity index (χ4n) is 1.12. The monoisotopic (exact) mass is 208 g/mol. The van der Waals surface area contributed by atoms with Crippen molar-refractivity contribution in [3.05, 3.63) is 35.9 Å². The number of hydrogen-bond acceptors (Lipinski definition) is 1. The lowest BCUT2D eigenvalue weighted by Gasteiger charge is -2.15. The summed E-state index contributed by atoms with van der Waals surface area (Å²) in [4.78, 5) is 1.90. The van der Waals surface area contributed by atoms with Crippen LogP contribution in [0.2, 0.25) is 0 Å². The zero-order valence-electron chi connectivity index (χ0n) is 8.66. The van der Waals surface area contributed by atoms with Crippen LogP contribution in [0.15, 0.2) is 30.3 Å². The highest BCUT2D eigenvalue weighted by Gasteiger charge is 1.96. The summed E-state index contributed by atoms with van der Waals surface area (Å²) in [5.41, 5.74) is 1.33. The summed E-state index contributed by atoms with van der Waals surface area (Å²) in [5, 5.41) is 3.98. The fourth-order valence-corrected chi connectivity index (χ4v) is 1.22. The average Bonchev–Trinajstić information content (AvgIpc) is 2.19. The second kappa shape index (κ2) is 5.60. The summed E-state index contributed by atoms with van der Waals surface area (Å²) < 4.78 is 0. The molecule has 0 atom stereocenters. The van der Waals surface area contributed by atoms with E-state index in [1.807, 2.05) is 25.1 Å². The third-order valence-electron chi connectivity index (χ3n) is 1.94. The van der Waals surface area contributed by atoms with Gasteiger partial charge in [0, 0.05) is 20.6 Å². The molecule has 0 heterocycles. The van der Waals surface area contributed by atoms with Gasteiger partial charge in [0.15, 0.2) is 5.11 Å². The van der Waals surface area contributed by atoms with Gasteiger partial charge in [-0.1, -0.05) is 30.3 Å². The number of nitrogens with one attached hydrogen (secondary N) is 1. The van der Waals surface area contributed by atoms with Crippen LogP contribution in [-0.2, 0) is 6.42 Å². The summed E-state index contributed by atoms with van der Waals surface area (Å²) in [6.07, 6.45) is 1.01. The van der Waals surface area contributed by atoms with Gasteiger partial charge in [0.05, 0.1) is 0 Å². The van der Waals surface area contributed by atoms with Crippen LogP contribution >= 0.6 is 12.2 Å². The molecule has 0 aliphatic rings. The number of nitrogens with zero attached hydrogens (tertiary/aromatic N) is 1. The highest BCUT2D eigenvalue weighted by atomic mass is 32.1. The van der Waals surface area contributed by atoms with Crippen molar-refractivity contribution < 1.29 is 0 Å². The molecule has 0 amide bonds. The minimum absolute atomic E-state index is 0.793. The lowest BCUT2D eigenvalue weighted by molar-refractivity contribution is 0.600. The van der Waals surface area contributed by atoms with E-state index in [0.29, 0.717) is 0 Å². The minimum Gasteiger partial charge on any atom is -0.362 e. The van der Waals surface area contributed by atoms with Gasteiger partial charge in [-0.05, 0) is 24.2 Å². The van der Waals surface area contributed by atoms with Crippen LogP contribution in [0.4, 0.5) is 0 Å². The zero-order chi connectivity index (χ0) is 10.4. The molecule has 0 bridgehead atoms. The van der Waals surface area contributed by atoms with Crippen molar-refractivity contribution in [2.24, 2.45) is 0 Å². The van der Waals surface area contributed by atoms with Gasteiger partial charge in [0.25, 0.3) is 0 Å². The zero-order valence-corrected chi connectivity index (χ0v) is 9.47. The largest absolute Gasteiger partial charge is 0.362 e. The van der Waals surface area contributed by atoms with Crippen LogP contribution in [0.25, 0.3) is 0 Å². The molecule has 2 nitrogen and oxygen atoms in total. The van der Waals surface area contributed by atoms with Gasteiger partial charge in [-0.2, -0.15) is 0 Å². The van der Waals surface area contributed by atoms with E-state index in [1.54, 1.807) is 0 Å². The first kappa shape index (κ1) is 11.0. The molecule has 1 aromatic carbocycles. The molecule has 0 aromatic heterocycles. The van der Waals surface area contributed by atoms with Crippen LogP contribution in [0.1, 0.15) is 5.56 Å². The Kier molecular flexibility index (Phi) is 4.40. The third-order valence-corrected chi connectivity index (χ3v) is 2.45. The molecule has 0 saturated heterocycles. The van der Waals surface area contributed by atoms with E-state index >= 15 is 0 Å². The first-order valence-corrected chi connectivity index (χ1v) is 5.10. The first-order chi connectivity index (χ1) is 6.70. The second-order valence-electron chi connectivity index (χ2n) is 3.36. The van der Waals surface area contributed by atoms with Crippen molar-refractivity contribution in [2.75, 3.05) is 20.6 Å². The molecule has 0 saturated carbocycles. The molecular formula is C11H16N2S. The highest BCUT2D eigenvalue weighted by molar-refractivity contribution is 7.80. The predicted octanol–water partition coefficient (Wildman–Crippen LogP) is 1.67. The van der Waals surface area contributed by atoms with E-state index in [4.69, 9.17) is 12.2 Å². The lowest BCUT2D eigenvalue weighted by Crippen LogP contribution is -2.35. The van der Waals surface area contributed by atoms with Crippen LogP contribution in [-0.4, -0.2) is 30.7 Å². The normalized spacial score (nSPS) is 9.57. The van der Waals surface area contributed by atoms with Crippen molar-refractivity contribution in [2.45, 2.75) is 6.42 Å². The summed E-state index contributed by atoms with van der Waals surface area (Å²) in [7, 11) is 3.88. The van der Waals surface area contributed by atoms with E-state index in [-0.39, 0.29) is 0 Å². The van der Waals surface area contributed by atoms with Crippen LogP contribution in [0, 0.1) is 0 Å². The van der Waals surface area contributed by atoms with Crippen LogP contribution in [0.3, 0.4) is 0 Å². The third kappa shape index (κ3) is 3.75. The molecule has 76 valence electrons. The van der Waals surface area contributed by atoms with E-state index < -0.39 is 0 Å². The molecule has 3 heteroatoms. The summed E-state index contributed by atoms with van der Waals surface area (Å²) in [6.45, 7) is 0.890. The fraction of sp³-hybridized carbons (Fsp3) is 0.364. The van der Waals surface area contributed by atoms with Crippen LogP contribution in [0.5, 0.6) is 0 Å². The van der Waals surface area contributed by atoms with Crippen molar-refractivity contribution in [1.29, 1.82) is 0 Å². The van der Waals surface area contributed by atoms with E-state index in [9.17, 15) is 0 Å². The molecule has 1 N–H and O–H groups in total. The molecule has 0 aliphatic heterocycles. The lowest BCUT2D eigenvalue weighted by atomic mass is 10.1. The molecule has 0 spiro atoms. The molecule has 0 aliphatic carbocycles. The Labute approximate surface area is 90.9 Å². The number of thiocarbonyl (C=S) groups is 1. The predicted molar refractivity (Wildman–Crippen MR) is 64.4 cm³/mol. The van der Waals surface area contributed by atoms with E-state index in [1.165, 1.54) is 5.56 Å². The van der Waals surface area contributed by atoms with Gasteiger partial charge in [-0.15, -0.1) is 0 Å². The van der Waals surface area contributed by atoms with Gasteiger partial charge in [0.2, 0.25) is 0 Å². The van der Waals surface area contributed by atoms with Crippen LogP contribution < -0.4 is 5.32 Å². The van der Waals surface area contributed by atoms with E-state index in [2.05, 4.69) is 29.6 Å². The number of benzene rings is 1. The topological polar surface area (TPSA) is 15.3 Å². The maximum Gasteiger partial charge on any atom is 0.168 e. The Hall–Kier alpha value is -1.09. The Morgan fingerprint density at radius 2 is 1.93 bits per heavy atom. The smallest absolute Gasteiger partial charge is 0.168 e. The summed E-state index contributed by atoms with van der Waals surface area (Å²) >= 11 is 5.11. The Morgan fingerprint density at radius 1 is 1.29 bits per heavy atom. The molecule has 14 heavy (non-hydrogen) atoms. The number of rotatable bonds is 3. The minimum atomic E-state index is 0.793. The summed E-state index contributed by atoms with van der Waals surface area (Å²) in [6, 6.07) is 10.4. The standard InChI is InChI=1S/C11H16N2S/c1-13(2)11(14)12-9-8-10-6-4-3-5-7-10/h3-7H,8-9H2,1-2H3,(H,12,14). The quantitative estimate of drug-likeness (QED) is 0.761. The number of hydrogen-bond donors (Lipinski definition) is 1. The van der Waals surface area contributed by atoms with Gasteiger partial charge < -0.3 is 10.2 Å². The Morgan fingerprint density at radius 3 is 2.50 bits per heavy atom. The SMILES string of the molecule is CN(C)C(=S)NCCc1ccccc1. The van der Waals surface area contributed by atoms with Gasteiger partial charge in [0.1, 0.15) is 0 Å². The van der Waals surface area contributed by atoms with Crippen molar-refractivity contribution in [1.82, 2.24) is 10.2 Å². The molecule has 1 rings (SSSR count). The molecular weight excluding hydrogens is 192 g/mol. The van der Waals surface area contributed by atoms with Gasteiger partial charge in [-0.25, -0.2) is 0 Å². The highest BCUT2D eigenvalue weighted by Crippen LogP contribution is 1.98. The van der Waals surface area contributed by atoms with Gasteiger partial charge >= 0.3 is 0 Å². The van der Waals surface area contributed by atoms with Crippen molar-refractivity contribution in [3.8, 4) is 0 Å². The van der Waals surface area contributed by atoms with Crippen molar-refractivity contribution >= 4 is 17.3 Å². The summed E-state index contributed by atoms with van der Waals surface area (Å²) in [5.74, 6) is 0. The molecule has 0 unspecified atom stereocenters. The second-order valence-corrected chi connectivity index (χ2v) is 3.75. The Balaban J connectivity index is 2.26. The van der Waals surface area contributed by atoms with Crippen molar-refractivity contribution in [3.63, 3.8) is 0 Å².